The number of amides is 3. The van der Waals surface area contributed by atoms with Crippen molar-refractivity contribution in [1.82, 2.24) is 19.8 Å². The van der Waals surface area contributed by atoms with Crippen molar-refractivity contribution in [1.29, 1.82) is 0 Å². The molecule has 2 aromatic rings. The van der Waals surface area contributed by atoms with Gasteiger partial charge in [0, 0.05) is 44.2 Å². The summed E-state index contributed by atoms with van der Waals surface area (Å²) in [4.78, 5) is 42.8. The summed E-state index contributed by atoms with van der Waals surface area (Å²) in [5.41, 5.74) is 7.97. The Hall–Kier alpha value is -3.03. The molecule has 0 radical (unpaired) electrons. The summed E-state index contributed by atoms with van der Waals surface area (Å²) in [6.07, 6.45) is 0.717. The highest BCUT2D eigenvalue weighted by molar-refractivity contribution is 7.88. The number of carbonyl (C=O) groups is 3. The SMILES string of the molecule is NCc1ccc(Cl)cc1CNC(=O)C1CCCN1C(=O)C(CCC(=O)N1CCC(O)C1)NS(=O)(=O)Cc1ccccc1. The molecule has 0 bridgehead atoms. The Morgan fingerprint density at radius 3 is 2.52 bits per heavy atom. The van der Waals surface area contributed by atoms with E-state index in [0.29, 0.717) is 36.4 Å². The fourth-order valence-electron chi connectivity index (χ4n) is 5.44. The predicted octanol–water partition coefficient (Wildman–Crippen LogP) is 1.27. The fourth-order valence-corrected chi connectivity index (χ4v) is 7.00. The number of hydrogen-bond donors (Lipinski definition) is 4. The monoisotopic (exact) mass is 619 g/mol. The Morgan fingerprint density at radius 2 is 1.83 bits per heavy atom. The third-order valence-corrected chi connectivity index (χ3v) is 9.25. The van der Waals surface area contributed by atoms with Crippen LogP contribution < -0.4 is 15.8 Å². The average Bonchev–Trinajstić information content (AvgIpc) is 3.63. The smallest absolute Gasteiger partial charge is 0.243 e. The number of nitrogens with zero attached hydrogens (tertiary/aromatic N) is 2. The summed E-state index contributed by atoms with van der Waals surface area (Å²) in [7, 11) is -3.97. The molecule has 2 heterocycles. The van der Waals surface area contributed by atoms with E-state index in [0.717, 1.165) is 11.1 Å². The van der Waals surface area contributed by atoms with Gasteiger partial charge in [0.25, 0.3) is 0 Å². The minimum Gasteiger partial charge on any atom is -0.391 e. The third-order valence-electron chi connectivity index (χ3n) is 7.66. The Kier molecular flexibility index (Phi) is 11.0. The van der Waals surface area contributed by atoms with Crippen molar-refractivity contribution in [3.05, 3.63) is 70.2 Å². The number of carbonyl (C=O) groups excluding carboxylic acids is 3. The molecule has 42 heavy (non-hydrogen) atoms. The lowest BCUT2D eigenvalue weighted by atomic mass is 10.1. The summed E-state index contributed by atoms with van der Waals surface area (Å²) in [5, 5.41) is 13.2. The van der Waals surface area contributed by atoms with E-state index < -0.39 is 34.1 Å². The maximum Gasteiger partial charge on any atom is 0.243 e. The van der Waals surface area contributed by atoms with Gasteiger partial charge < -0.3 is 26.0 Å². The lowest BCUT2D eigenvalue weighted by Crippen LogP contribution is -2.53. The molecule has 3 amide bonds. The van der Waals surface area contributed by atoms with E-state index in [4.69, 9.17) is 17.3 Å². The second-order valence-electron chi connectivity index (χ2n) is 10.8. The molecule has 2 fully saturated rings. The molecule has 5 N–H and O–H groups in total. The topological polar surface area (TPSA) is 162 Å². The van der Waals surface area contributed by atoms with Crippen LogP contribution in [0.3, 0.4) is 0 Å². The first-order chi connectivity index (χ1) is 20.1. The molecular formula is C29H38ClN5O6S. The molecule has 228 valence electrons. The van der Waals surface area contributed by atoms with Crippen LogP contribution in [0.15, 0.2) is 48.5 Å². The average molecular weight is 620 g/mol. The first kappa shape index (κ1) is 31.9. The Morgan fingerprint density at radius 1 is 1.07 bits per heavy atom. The van der Waals surface area contributed by atoms with Crippen LogP contribution in [0.4, 0.5) is 0 Å². The van der Waals surface area contributed by atoms with E-state index >= 15 is 0 Å². The van der Waals surface area contributed by atoms with E-state index in [1.165, 1.54) is 9.80 Å². The maximum atomic E-state index is 13.8. The number of hydrogen-bond acceptors (Lipinski definition) is 7. The number of likely N-dealkylation sites (tertiary alicyclic amines) is 2. The number of halogens is 1. The van der Waals surface area contributed by atoms with Crippen molar-refractivity contribution >= 4 is 39.3 Å². The van der Waals surface area contributed by atoms with E-state index in [-0.39, 0.29) is 56.6 Å². The number of aliphatic hydroxyl groups is 1. The van der Waals surface area contributed by atoms with Crippen LogP contribution in [0.5, 0.6) is 0 Å². The van der Waals surface area contributed by atoms with E-state index in [9.17, 15) is 27.9 Å². The highest BCUT2D eigenvalue weighted by atomic mass is 35.5. The minimum atomic E-state index is -3.97. The van der Waals surface area contributed by atoms with Crippen LogP contribution in [0.25, 0.3) is 0 Å². The van der Waals surface area contributed by atoms with E-state index in [2.05, 4.69) is 10.0 Å². The Labute approximate surface area is 251 Å². The molecular weight excluding hydrogens is 582 g/mol. The molecule has 2 aliphatic heterocycles. The molecule has 0 spiro atoms. The van der Waals surface area contributed by atoms with Gasteiger partial charge in [0.05, 0.1) is 11.9 Å². The highest BCUT2D eigenvalue weighted by Gasteiger charge is 2.39. The minimum absolute atomic E-state index is 0.0779. The van der Waals surface area contributed by atoms with Crippen molar-refractivity contribution < 1.29 is 27.9 Å². The summed E-state index contributed by atoms with van der Waals surface area (Å²) < 4.78 is 28.8. The van der Waals surface area contributed by atoms with Crippen molar-refractivity contribution in [2.75, 3.05) is 19.6 Å². The van der Waals surface area contributed by atoms with Crippen molar-refractivity contribution in [2.45, 2.75) is 69.1 Å². The number of sulfonamides is 1. The van der Waals surface area contributed by atoms with Crippen LogP contribution in [0.2, 0.25) is 5.02 Å². The van der Waals surface area contributed by atoms with Gasteiger partial charge in [-0.2, -0.15) is 0 Å². The second kappa shape index (κ2) is 14.4. The highest BCUT2D eigenvalue weighted by Crippen LogP contribution is 2.22. The standard InChI is InChI=1S/C29H38ClN5O6S/c30-23-9-8-21(16-31)22(15-23)17-32-28(38)26-7-4-13-35(26)29(39)25(10-11-27(37)34-14-12-24(36)18-34)33-42(40,41)19-20-5-2-1-3-6-20/h1-3,5-6,8-9,15,24-26,33,36H,4,7,10-14,16-19,31H2,(H,32,38). The van der Waals surface area contributed by atoms with Crippen molar-refractivity contribution in [3.63, 3.8) is 0 Å². The number of benzene rings is 2. The van der Waals surface area contributed by atoms with Crippen LogP contribution in [-0.2, 0) is 43.2 Å². The fraction of sp³-hybridized carbons (Fsp3) is 0.483. The summed E-state index contributed by atoms with van der Waals surface area (Å²) in [5.74, 6) is -1.52. The molecule has 0 saturated carbocycles. The zero-order chi connectivity index (χ0) is 30.3. The van der Waals surface area contributed by atoms with E-state index in [1.54, 1.807) is 48.5 Å². The lowest BCUT2D eigenvalue weighted by molar-refractivity contribution is -0.140. The number of nitrogens with one attached hydrogen (secondary N) is 2. The normalized spacial score (nSPS) is 19.6. The van der Waals surface area contributed by atoms with Gasteiger partial charge >= 0.3 is 0 Å². The molecule has 4 rings (SSSR count). The molecule has 3 unspecified atom stereocenters. The zero-order valence-electron chi connectivity index (χ0n) is 23.4. The lowest BCUT2D eigenvalue weighted by Gasteiger charge is -2.29. The molecule has 3 atom stereocenters. The molecule has 11 nitrogen and oxygen atoms in total. The van der Waals surface area contributed by atoms with Gasteiger partial charge in [0.1, 0.15) is 12.1 Å². The predicted molar refractivity (Wildman–Crippen MR) is 158 cm³/mol. The van der Waals surface area contributed by atoms with Crippen molar-refractivity contribution in [3.8, 4) is 0 Å². The molecule has 2 saturated heterocycles. The van der Waals surface area contributed by atoms with Crippen LogP contribution in [0.1, 0.15) is 48.8 Å². The quantitative estimate of drug-likeness (QED) is 0.278. The largest absolute Gasteiger partial charge is 0.391 e. The molecule has 2 aromatic carbocycles. The van der Waals surface area contributed by atoms with Gasteiger partial charge in [-0.05, 0) is 54.5 Å². The van der Waals surface area contributed by atoms with Gasteiger partial charge in [-0.15, -0.1) is 0 Å². The van der Waals surface area contributed by atoms with Crippen LogP contribution in [0, 0.1) is 0 Å². The summed E-state index contributed by atoms with van der Waals surface area (Å²) >= 11 is 6.12. The number of aliphatic hydroxyl groups excluding tert-OH is 1. The first-order valence-electron chi connectivity index (χ1n) is 14.1. The Bertz CT molecular complexity index is 1380. The second-order valence-corrected chi connectivity index (χ2v) is 13.0. The van der Waals surface area contributed by atoms with Gasteiger partial charge in [-0.1, -0.05) is 48.0 Å². The molecule has 0 aromatic heterocycles. The first-order valence-corrected chi connectivity index (χ1v) is 16.1. The van der Waals surface area contributed by atoms with E-state index in [1.807, 2.05) is 0 Å². The Balaban J connectivity index is 1.47. The maximum absolute atomic E-state index is 13.8. The van der Waals surface area contributed by atoms with Crippen molar-refractivity contribution in [2.24, 2.45) is 5.73 Å². The van der Waals surface area contributed by atoms with Gasteiger partial charge in [0.2, 0.25) is 27.7 Å². The summed E-state index contributed by atoms with van der Waals surface area (Å²) in [6.45, 7) is 1.35. The number of rotatable bonds is 12. The summed E-state index contributed by atoms with van der Waals surface area (Å²) in [6, 6.07) is 11.8. The molecule has 13 heteroatoms. The van der Waals surface area contributed by atoms with Gasteiger partial charge in [-0.3, -0.25) is 14.4 Å². The third kappa shape index (κ3) is 8.51. The zero-order valence-corrected chi connectivity index (χ0v) is 24.9. The molecule has 2 aliphatic rings. The van der Waals surface area contributed by atoms with Gasteiger partial charge in [-0.25, -0.2) is 13.1 Å². The number of β-amino-alcohol motifs (C(OH)–C–C–N with tert-alkyl or cyclic N) is 1. The number of nitrogens with two attached hydrogens (primary N) is 1. The van der Waals surface area contributed by atoms with Crippen LogP contribution in [-0.4, -0.2) is 78.9 Å². The molecule has 0 aliphatic carbocycles. The van der Waals surface area contributed by atoms with Crippen LogP contribution >= 0.6 is 11.6 Å². The van der Waals surface area contributed by atoms with Gasteiger partial charge in [0.15, 0.2) is 0 Å².